The molecule has 1 heterocycles. The van der Waals surface area contributed by atoms with Crippen molar-refractivity contribution in [1.82, 2.24) is 10.2 Å². The van der Waals surface area contributed by atoms with Gasteiger partial charge in [-0.15, -0.1) is 0 Å². The van der Waals surface area contributed by atoms with Crippen molar-refractivity contribution in [3.63, 3.8) is 0 Å². The van der Waals surface area contributed by atoms with Crippen LogP contribution in [0.5, 0.6) is 0 Å². The molecular weight excluding hydrogens is 220 g/mol. The summed E-state index contributed by atoms with van der Waals surface area (Å²) in [5.74, 6) is 0.0486. The van der Waals surface area contributed by atoms with Gasteiger partial charge in [0.25, 0.3) is 0 Å². The van der Waals surface area contributed by atoms with Gasteiger partial charge in [0.2, 0.25) is 5.91 Å². The van der Waals surface area contributed by atoms with Gasteiger partial charge in [0.05, 0.1) is 19.8 Å². The summed E-state index contributed by atoms with van der Waals surface area (Å²) in [7, 11) is 0. The van der Waals surface area contributed by atoms with Gasteiger partial charge in [-0.1, -0.05) is 13.8 Å². The molecule has 0 aliphatic carbocycles. The lowest BCUT2D eigenvalue weighted by Gasteiger charge is -2.34. The average molecular weight is 244 g/mol. The van der Waals surface area contributed by atoms with E-state index in [0.717, 1.165) is 12.8 Å². The van der Waals surface area contributed by atoms with Crippen molar-refractivity contribution in [1.29, 1.82) is 0 Å². The van der Waals surface area contributed by atoms with Crippen LogP contribution in [-0.2, 0) is 9.53 Å². The summed E-state index contributed by atoms with van der Waals surface area (Å²) in [6.07, 6.45) is 1.83. The lowest BCUT2D eigenvalue weighted by Crippen LogP contribution is -2.55. The molecule has 1 aliphatic heterocycles. The normalized spacial score (nSPS) is 20.6. The Balaban J connectivity index is 2.63. The van der Waals surface area contributed by atoms with Crippen molar-refractivity contribution >= 4 is 5.91 Å². The second kappa shape index (κ2) is 7.63. The number of ether oxygens (including phenoxy) is 1. The number of amides is 1. The third kappa shape index (κ3) is 3.94. The molecule has 5 nitrogen and oxygen atoms in total. The van der Waals surface area contributed by atoms with Crippen LogP contribution in [0.25, 0.3) is 0 Å². The number of aliphatic hydroxyl groups is 1. The number of hydrogen-bond acceptors (Lipinski definition) is 4. The van der Waals surface area contributed by atoms with Crippen LogP contribution in [0.15, 0.2) is 0 Å². The maximum Gasteiger partial charge on any atom is 0.242 e. The van der Waals surface area contributed by atoms with Gasteiger partial charge < -0.3 is 20.1 Å². The second-order valence-corrected chi connectivity index (χ2v) is 4.31. The molecule has 1 fully saturated rings. The summed E-state index contributed by atoms with van der Waals surface area (Å²) >= 11 is 0. The third-order valence-corrected chi connectivity index (χ3v) is 3.23. The van der Waals surface area contributed by atoms with E-state index in [1.54, 1.807) is 4.90 Å². The molecular formula is C12H24N2O3. The first-order valence-corrected chi connectivity index (χ1v) is 6.47. The van der Waals surface area contributed by atoms with E-state index in [-0.39, 0.29) is 24.6 Å². The van der Waals surface area contributed by atoms with Crippen LogP contribution in [0.1, 0.15) is 26.7 Å². The van der Waals surface area contributed by atoms with Crippen molar-refractivity contribution in [2.24, 2.45) is 0 Å². The molecule has 0 saturated carbocycles. The Kier molecular flexibility index (Phi) is 6.47. The van der Waals surface area contributed by atoms with Gasteiger partial charge in [-0.3, -0.25) is 4.79 Å². The Morgan fingerprint density at radius 1 is 1.53 bits per heavy atom. The highest BCUT2D eigenvalue weighted by atomic mass is 16.5. The molecule has 0 aromatic rings. The van der Waals surface area contributed by atoms with Crippen molar-refractivity contribution in [3.05, 3.63) is 0 Å². The molecule has 0 bridgehead atoms. The van der Waals surface area contributed by atoms with E-state index < -0.39 is 0 Å². The zero-order valence-electron chi connectivity index (χ0n) is 10.8. The van der Waals surface area contributed by atoms with Crippen LogP contribution in [-0.4, -0.2) is 60.9 Å². The number of nitrogens with zero attached hydrogens (tertiary/aromatic N) is 1. The summed E-state index contributed by atoms with van der Waals surface area (Å²) in [5.41, 5.74) is 0. The molecule has 2 N–H and O–H groups in total. The highest BCUT2D eigenvalue weighted by molar-refractivity contribution is 5.82. The summed E-state index contributed by atoms with van der Waals surface area (Å²) in [5, 5.41) is 12.2. The summed E-state index contributed by atoms with van der Waals surface area (Å²) in [4.78, 5) is 14.1. The standard InChI is InChI=1S/C12H24N2O3/c1-3-10(4-2)14(6-7-15)12(16)11-9-17-8-5-13-11/h10-11,13,15H,3-9H2,1-2H3. The Bertz CT molecular complexity index is 226. The van der Waals surface area contributed by atoms with Crippen LogP contribution in [0.4, 0.5) is 0 Å². The van der Waals surface area contributed by atoms with Gasteiger partial charge in [0.15, 0.2) is 0 Å². The Morgan fingerprint density at radius 2 is 2.24 bits per heavy atom. The lowest BCUT2D eigenvalue weighted by atomic mass is 10.1. The summed E-state index contributed by atoms with van der Waals surface area (Å²) in [6.45, 7) is 6.36. The fourth-order valence-corrected chi connectivity index (χ4v) is 2.23. The molecule has 1 rings (SSSR count). The fourth-order valence-electron chi connectivity index (χ4n) is 2.23. The maximum atomic E-state index is 12.3. The van der Waals surface area contributed by atoms with E-state index in [2.05, 4.69) is 19.2 Å². The van der Waals surface area contributed by atoms with E-state index in [1.165, 1.54) is 0 Å². The zero-order valence-corrected chi connectivity index (χ0v) is 10.8. The number of carbonyl (C=O) groups excluding carboxylic acids is 1. The van der Waals surface area contributed by atoms with Crippen molar-refractivity contribution in [3.8, 4) is 0 Å². The van der Waals surface area contributed by atoms with E-state index >= 15 is 0 Å². The minimum atomic E-state index is -0.254. The molecule has 0 spiro atoms. The average Bonchev–Trinajstić information content (AvgIpc) is 2.39. The quantitative estimate of drug-likeness (QED) is 0.689. The molecule has 100 valence electrons. The van der Waals surface area contributed by atoms with Crippen molar-refractivity contribution in [2.75, 3.05) is 32.9 Å². The van der Waals surface area contributed by atoms with Crippen LogP contribution in [0.3, 0.4) is 0 Å². The van der Waals surface area contributed by atoms with Gasteiger partial charge in [-0.2, -0.15) is 0 Å². The lowest BCUT2D eigenvalue weighted by molar-refractivity contribution is -0.139. The van der Waals surface area contributed by atoms with E-state index in [4.69, 9.17) is 9.84 Å². The minimum Gasteiger partial charge on any atom is -0.395 e. The molecule has 5 heteroatoms. The van der Waals surface area contributed by atoms with E-state index in [1.807, 2.05) is 0 Å². The third-order valence-electron chi connectivity index (χ3n) is 3.23. The smallest absolute Gasteiger partial charge is 0.242 e. The van der Waals surface area contributed by atoms with Crippen molar-refractivity contribution < 1.29 is 14.6 Å². The summed E-state index contributed by atoms with van der Waals surface area (Å²) in [6, 6.07) is -0.0470. The van der Waals surface area contributed by atoms with Crippen LogP contribution in [0.2, 0.25) is 0 Å². The zero-order chi connectivity index (χ0) is 12.7. The SMILES string of the molecule is CCC(CC)N(CCO)C(=O)C1COCCN1. The van der Waals surface area contributed by atoms with E-state index in [9.17, 15) is 4.79 Å². The van der Waals surface area contributed by atoms with Gasteiger partial charge in [-0.05, 0) is 12.8 Å². The highest BCUT2D eigenvalue weighted by Gasteiger charge is 2.29. The number of aliphatic hydroxyl groups excluding tert-OH is 1. The Labute approximate surface area is 103 Å². The minimum absolute atomic E-state index is 0.00974. The largest absolute Gasteiger partial charge is 0.395 e. The molecule has 0 aromatic heterocycles. The predicted octanol–water partition coefficient (Wildman–Crippen LogP) is -0.0157. The molecule has 1 atom stereocenters. The number of hydrogen-bond donors (Lipinski definition) is 2. The van der Waals surface area contributed by atoms with Crippen LogP contribution < -0.4 is 5.32 Å². The molecule has 1 saturated heterocycles. The number of morpholine rings is 1. The first kappa shape index (κ1) is 14.4. The molecule has 17 heavy (non-hydrogen) atoms. The van der Waals surface area contributed by atoms with Gasteiger partial charge in [-0.25, -0.2) is 0 Å². The molecule has 1 aliphatic rings. The van der Waals surface area contributed by atoms with Gasteiger partial charge in [0, 0.05) is 19.1 Å². The van der Waals surface area contributed by atoms with Gasteiger partial charge in [0.1, 0.15) is 6.04 Å². The monoisotopic (exact) mass is 244 g/mol. The van der Waals surface area contributed by atoms with Crippen LogP contribution in [0, 0.1) is 0 Å². The maximum absolute atomic E-state index is 12.3. The van der Waals surface area contributed by atoms with Gasteiger partial charge >= 0.3 is 0 Å². The number of rotatable bonds is 6. The highest BCUT2D eigenvalue weighted by Crippen LogP contribution is 2.11. The first-order valence-electron chi connectivity index (χ1n) is 6.47. The molecule has 1 amide bonds. The molecule has 0 radical (unpaired) electrons. The Morgan fingerprint density at radius 3 is 2.71 bits per heavy atom. The Hall–Kier alpha value is -0.650. The second-order valence-electron chi connectivity index (χ2n) is 4.31. The van der Waals surface area contributed by atoms with Crippen molar-refractivity contribution in [2.45, 2.75) is 38.8 Å². The topological polar surface area (TPSA) is 61.8 Å². The van der Waals surface area contributed by atoms with E-state index in [0.29, 0.717) is 26.3 Å². The first-order chi connectivity index (χ1) is 8.24. The molecule has 0 aromatic carbocycles. The number of nitrogens with one attached hydrogen (secondary N) is 1. The fraction of sp³-hybridized carbons (Fsp3) is 0.917. The number of carbonyl (C=O) groups is 1. The predicted molar refractivity (Wildman–Crippen MR) is 65.8 cm³/mol. The molecule has 1 unspecified atom stereocenters. The summed E-state index contributed by atoms with van der Waals surface area (Å²) < 4.78 is 5.31. The van der Waals surface area contributed by atoms with Crippen LogP contribution >= 0.6 is 0 Å².